The summed E-state index contributed by atoms with van der Waals surface area (Å²) in [6.45, 7) is 4.45. The van der Waals surface area contributed by atoms with Gasteiger partial charge in [0.2, 0.25) is 0 Å². The predicted molar refractivity (Wildman–Crippen MR) is 62.0 cm³/mol. The Labute approximate surface area is 86.7 Å². The molecular formula is C14H18. The number of allylic oxidation sites excluding steroid dienone is 8. The Morgan fingerprint density at radius 1 is 1.21 bits per heavy atom. The van der Waals surface area contributed by atoms with Crippen molar-refractivity contribution in [3.63, 3.8) is 0 Å². The number of hydrogen-bond acceptors (Lipinski definition) is 0. The van der Waals surface area contributed by atoms with Crippen LogP contribution in [0.5, 0.6) is 0 Å². The molecule has 2 aliphatic rings. The molecule has 0 saturated heterocycles. The molecule has 0 bridgehead atoms. The molecular weight excluding hydrogens is 168 g/mol. The standard InChI is InChI=1S/C14H18/c1-11-6-8-13(9-7-11)14-5-3-4-12(2)10-14/h3-4,6,8-11,14H,5,7H2,1-2H3. The van der Waals surface area contributed by atoms with Gasteiger partial charge >= 0.3 is 0 Å². The highest BCUT2D eigenvalue weighted by atomic mass is 14.2. The smallest absolute Gasteiger partial charge is 0.00550 e. The molecule has 0 aromatic rings. The van der Waals surface area contributed by atoms with E-state index in [4.69, 9.17) is 0 Å². The van der Waals surface area contributed by atoms with E-state index in [-0.39, 0.29) is 0 Å². The van der Waals surface area contributed by atoms with E-state index in [0.29, 0.717) is 5.92 Å². The van der Waals surface area contributed by atoms with Crippen LogP contribution in [0.1, 0.15) is 26.7 Å². The van der Waals surface area contributed by atoms with Gasteiger partial charge in [-0.1, -0.05) is 49.0 Å². The first-order valence-corrected chi connectivity index (χ1v) is 5.49. The van der Waals surface area contributed by atoms with Gasteiger partial charge in [-0.3, -0.25) is 0 Å². The first-order valence-electron chi connectivity index (χ1n) is 5.49. The number of rotatable bonds is 1. The molecule has 74 valence electrons. The Morgan fingerprint density at radius 3 is 2.71 bits per heavy atom. The maximum atomic E-state index is 2.40. The molecule has 0 saturated carbocycles. The van der Waals surface area contributed by atoms with Crippen molar-refractivity contribution in [1.82, 2.24) is 0 Å². The summed E-state index contributed by atoms with van der Waals surface area (Å²) in [4.78, 5) is 0. The number of hydrogen-bond donors (Lipinski definition) is 0. The van der Waals surface area contributed by atoms with Crippen LogP contribution < -0.4 is 0 Å². The zero-order valence-electron chi connectivity index (χ0n) is 9.03. The van der Waals surface area contributed by atoms with Gasteiger partial charge in [-0.25, -0.2) is 0 Å². The van der Waals surface area contributed by atoms with Gasteiger partial charge in [-0.2, -0.15) is 0 Å². The minimum absolute atomic E-state index is 0.628. The molecule has 0 nitrogen and oxygen atoms in total. The summed E-state index contributed by atoms with van der Waals surface area (Å²) in [5, 5.41) is 0. The van der Waals surface area contributed by atoms with Crippen LogP contribution in [0.25, 0.3) is 0 Å². The Bertz CT molecular complexity index is 326. The lowest BCUT2D eigenvalue weighted by Gasteiger charge is -2.20. The van der Waals surface area contributed by atoms with Gasteiger partial charge in [0.25, 0.3) is 0 Å². The average Bonchev–Trinajstić information content (AvgIpc) is 2.19. The van der Waals surface area contributed by atoms with Gasteiger partial charge in [-0.05, 0) is 31.3 Å². The summed E-state index contributed by atoms with van der Waals surface area (Å²) in [5.41, 5.74) is 2.90. The fraction of sp³-hybridized carbons (Fsp3) is 0.429. The molecule has 2 aliphatic carbocycles. The average molecular weight is 186 g/mol. The van der Waals surface area contributed by atoms with E-state index < -0.39 is 0 Å². The molecule has 0 heterocycles. The fourth-order valence-electron chi connectivity index (χ4n) is 2.09. The molecule has 2 unspecified atom stereocenters. The summed E-state index contributed by atoms with van der Waals surface area (Å²) >= 11 is 0. The van der Waals surface area contributed by atoms with Crippen LogP contribution in [0.2, 0.25) is 0 Å². The van der Waals surface area contributed by atoms with Crippen LogP contribution in [0.3, 0.4) is 0 Å². The quantitative estimate of drug-likeness (QED) is 0.580. The van der Waals surface area contributed by atoms with Crippen molar-refractivity contribution >= 4 is 0 Å². The molecule has 2 atom stereocenters. The summed E-state index contributed by atoms with van der Waals surface area (Å²) in [6, 6.07) is 0. The molecule has 0 spiro atoms. The SMILES string of the molecule is CC1=CC(C2=CCC(C)C=C2)CC=C1. The van der Waals surface area contributed by atoms with E-state index in [1.807, 2.05) is 0 Å². The molecule has 0 fully saturated rings. The summed E-state index contributed by atoms with van der Waals surface area (Å²) in [5.74, 6) is 1.35. The third-order valence-electron chi connectivity index (χ3n) is 3.01. The van der Waals surface area contributed by atoms with Crippen molar-refractivity contribution in [1.29, 1.82) is 0 Å². The monoisotopic (exact) mass is 186 g/mol. The molecule has 0 aromatic carbocycles. The van der Waals surface area contributed by atoms with Crippen LogP contribution in [-0.4, -0.2) is 0 Å². The van der Waals surface area contributed by atoms with Crippen LogP contribution in [0.15, 0.2) is 47.6 Å². The molecule has 2 rings (SSSR count). The lowest BCUT2D eigenvalue weighted by molar-refractivity contribution is 0.697. The molecule has 14 heavy (non-hydrogen) atoms. The maximum Gasteiger partial charge on any atom is 0.00550 e. The normalized spacial score (nSPS) is 31.3. The lowest BCUT2D eigenvalue weighted by Crippen LogP contribution is -2.05. The second-order valence-electron chi connectivity index (χ2n) is 4.43. The van der Waals surface area contributed by atoms with Gasteiger partial charge in [0.05, 0.1) is 0 Å². The highest BCUT2D eigenvalue weighted by Gasteiger charge is 2.13. The zero-order chi connectivity index (χ0) is 9.97. The largest absolute Gasteiger partial charge is 0.0834 e. The van der Waals surface area contributed by atoms with Crippen LogP contribution in [0, 0.1) is 11.8 Å². The maximum absolute atomic E-state index is 2.40. The van der Waals surface area contributed by atoms with E-state index in [2.05, 4.69) is 50.3 Å². The van der Waals surface area contributed by atoms with E-state index in [0.717, 1.165) is 5.92 Å². The highest BCUT2D eigenvalue weighted by Crippen LogP contribution is 2.28. The second-order valence-corrected chi connectivity index (χ2v) is 4.43. The third kappa shape index (κ3) is 2.06. The zero-order valence-corrected chi connectivity index (χ0v) is 9.03. The summed E-state index contributed by atoms with van der Waals surface area (Å²) in [7, 11) is 0. The highest BCUT2D eigenvalue weighted by molar-refractivity contribution is 5.34. The summed E-state index contributed by atoms with van der Waals surface area (Å²) in [6.07, 6.45) is 16.3. The lowest BCUT2D eigenvalue weighted by atomic mass is 9.85. The van der Waals surface area contributed by atoms with E-state index >= 15 is 0 Å². The first kappa shape index (κ1) is 9.51. The van der Waals surface area contributed by atoms with Crippen molar-refractivity contribution in [2.75, 3.05) is 0 Å². The second kappa shape index (κ2) is 4.00. The van der Waals surface area contributed by atoms with Crippen LogP contribution >= 0.6 is 0 Å². The van der Waals surface area contributed by atoms with Crippen molar-refractivity contribution in [3.8, 4) is 0 Å². The van der Waals surface area contributed by atoms with Crippen molar-refractivity contribution in [2.45, 2.75) is 26.7 Å². The van der Waals surface area contributed by atoms with E-state index in [1.54, 1.807) is 0 Å². The Hall–Kier alpha value is -1.04. The molecule has 0 N–H and O–H groups in total. The Balaban J connectivity index is 2.10. The van der Waals surface area contributed by atoms with Gasteiger partial charge < -0.3 is 0 Å². The van der Waals surface area contributed by atoms with Crippen molar-refractivity contribution in [3.05, 3.63) is 47.6 Å². The van der Waals surface area contributed by atoms with Gasteiger partial charge in [0.15, 0.2) is 0 Å². The van der Waals surface area contributed by atoms with Crippen molar-refractivity contribution in [2.24, 2.45) is 11.8 Å². The van der Waals surface area contributed by atoms with Gasteiger partial charge in [0, 0.05) is 5.92 Å². The van der Waals surface area contributed by atoms with Crippen LogP contribution in [-0.2, 0) is 0 Å². The van der Waals surface area contributed by atoms with Gasteiger partial charge in [-0.15, -0.1) is 0 Å². The Morgan fingerprint density at radius 2 is 2.07 bits per heavy atom. The van der Waals surface area contributed by atoms with Crippen molar-refractivity contribution < 1.29 is 0 Å². The molecule has 0 amide bonds. The molecule has 0 aromatic heterocycles. The minimum atomic E-state index is 0.628. The molecule has 0 radical (unpaired) electrons. The minimum Gasteiger partial charge on any atom is -0.0834 e. The van der Waals surface area contributed by atoms with Crippen LogP contribution in [0.4, 0.5) is 0 Å². The van der Waals surface area contributed by atoms with E-state index in [9.17, 15) is 0 Å². The third-order valence-corrected chi connectivity index (χ3v) is 3.01. The predicted octanol–water partition coefficient (Wildman–Crippen LogP) is 4.03. The molecule has 0 aliphatic heterocycles. The summed E-state index contributed by atoms with van der Waals surface area (Å²) < 4.78 is 0. The first-order chi connectivity index (χ1) is 6.75. The van der Waals surface area contributed by atoms with Gasteiger partial charge in [0.1, 0.15) is 0 Å². The fourth-order valence-corrected chi connectivity index (χ4v) is 2.09. The van der Waals surface area contributed by atoms with E-state index in [1.165, 1.54) is 24.0 Å². The topological polar surface area (TPSA) is 0 Å². The Kier molecular flexibility index (Phi) is 2.72. The molecule has 0 heteroatoms.